The molecule has 2 aromatic rings. The summed E-state index contributed by atoms with van der Waals surface area (Å²) >= 11 is 0. The molecule has 2 heterocycles. The number of alkyl halides is 3. The Kier molecular flexibility index (Phi) is 5.44. The molecule has 2 aliphatic rings. The number of fused-ring (bicyclic) bond motifs is 1. The van der Waals surface area contributed by atoms with Crippen LogP contribution in [0.3, 0.4) is 0 Å². The number of para-hydroxylation sites is 1. The lowest BCUT2D eigenvalue weighted by atomic mass is 9.99. The van der Waals surface area contributed by atoms with E-state index in [1.807, 2.05) is 36.4 Å². The largest absolute Gasteiger partial charge is 0.449 e. The highest BCUT2D eigenvalue weighted by molar-refractivity contribution is 5.74. The van der Waals surface area contributed by atoms with Crippen LogP contribution in [0.5, 0.6) is 0 Å². The van der Waals surface area contributed by atoms with Crippen molar-refractivity contribution in [1.29, 1.82) is 0 Å². The van der Waals surface area contributed by atoms with Gasteiger partial charge in [0.1, 0.15) is 5.69 Å². The number of piperazine rings is 1. The highest BCUT2D eigenvalue weighted by atomic mass is 19.4. The van der Waals surface area contributed by atoms with Gasteiger partial charge in [0.2, 0.25) is 11.7 Å². The first kappa shape index (κ1) is 20.3. The van der Waals surface area contributed by atoms with E-state index in [4.69, 9.17) is 5.73 Å². The Morgan fingerprint density at radius 2 is 2.00 bits per heavy atom. The van der Waals surface area contributed by atoms with Crippen molar-refractivity contribution in [2.45, 2.75) is 37.9 Å². The van der Waals surface area contributed by atoms with Crippen LogP contribution in [0, 0.1) is 0 Å². The van der Waals surface area contributed by atoms with Crippen LogP contribution in [0.2, 0.25) is 0 Å². The molecule has 1 aromatic carbocycles. The number of carbonyl (C=O) groups is 1. The van der Waals surface area contributed by atoms with Gasteiger partial charge in [-0.05, 0) is 31.4 Å². The molecule has 1 aliphatic carbocycles. The predicted octanol–water partition coefficient (Wildman–Crippen LogP) is 3.17. The van der Waals surface area contributed by atoms with Gasteiger partial charge in [0.15, 0.2) is 0 Å². The molecule has 1 aromatic heterocycles. The number of allylic oxidation sites excluding steroid dienone is 1. The van der Waals surface area contributed by atoms with Crippen LogP contribution in [0.25, 0.3) is 5.70 Å². The fourth-order valence-corrected chi connectivity index (χ4v) is 4.24. The second kappa shape index (κ2) is 8.04. The topological polar surface area (TPSA) is 78.3 Å². The smallest absolute Gasteiger partial charge is 0.370 e. The average Bonchev–Trinajstić information content (AvgIpc) is 3.18. The Morgan fingerprint density at radius 1 is 1.23 bits per heavy atom. The third kappa shape index (κ3) is 4.15. The first-order chi connectivity index (χ1) is 14.3. The fourth-order valence-electron chi connectivity index (χ4n) is 4.24. The molecule has 30 heavy (non-hydrogen) atoms. The van der Waals surface area contributed by atoms with Gasteiger partial charge in [-0.3, -0.25) is 4.79 Å². The summed E-state index contributed by atoms with van der Waals surface area (Å²) in [6, 6.07) is 9.89. The molecule has 0 saturated carbocycles. The average molecular weight is 419 g/mol. The number of amides is 1. The van der Waals surface area contributed by atoms with Crippen LogP contribution in [0.1, 0.15) is 36.5 Å². The zero-order valence-electron chi connectivity index (χ0n) is 16.5. The highest BCUT2D eigenvalue weighted by Gasteiger charge is 2.38. The molecule has 1 atom stereocenters. The molecule has 1 aliphatic heterocycles. The van der Waals surface area contributed by atoms with Crippen LogP contribution in [-0.4, -0.2) is 46.5 Å². The molecule has 1 saturated heterocycles. The van der Waals surface area contributed by atoms with Crippen molar-refractivity contribution >= 4 is 17.3 Å². The fraction of sp³-hybridized carbons (Fsp3) is 0.429. The molecule has 1 fully saturated rings. The van der Waals surface area contributed by atoms with Crippen molar-refractivity contribution < 1.29 is 18.0 Å². The molecule has 160 valence electrons. The number of carbonyl (C=O) groups excluding carboxylic acids is 1. The first-order valence-corrected chi connectivity index (χ1v) is 10.0. The number of anilines is 1. The Bertz CT molecular complexity index is 938. The zero-order valence-corrected chi connectivity index (χ0v) is 16.5. The Labute approximate surface area is 172 Å². The van der Waals surface area contributed by atoms with Crippen molar-refractivity contribution in [3.05, 3.63) is 53.6 Å². The predicted molar refractivity (Wildman–Crippen MR) is 107 cm³/mol. The number of hydrogen-bond acceptors (Lipinski definition) is 4. The number of primary amides is 1. The number of H-pyrrole nitrogens is 1. The lowest BCUT2D eigenvalue weighted by Crippen LogP contribution is -2.52. The minimum absolute atomic E-state index is 0.0605. The second-order valence-corrected chi connectivity index (χ2v) is 7.67. The van der Waals surface area contributed by atoms with E-state index < -0.39 is 12.0 Å². The van der Waals surface area contributed by atoms with E-state index in [0.29, 0.717) is 49.4 Å². The molecular formula is C21H24F3N5O. The maximum absolute atomic E-state index is 13.2. The molecule has 0 spiro atoms. The minimum Gasteiger partial charge on any atom is -0.370 e. The molecule has 3 N–H and O–H groups in total. The molecule has 0 bridgehead atoms. The Hall–Kier alpha value is -2.97. The van der Waals surface area contributed by atoms with Crippen molar-refractivity contribution in [2.24, 2.45) is 5.73 Å². The van der Waals surface area contributed by atoms with E-state index in [1.165, 1.54) is 0 Å². The Morgan fingerprint density at radius 3 is 2.70 bits per heavy atom. The van der Waals surface area contributed by atoms with E-state index >= 15 is 0 Å². The van der Waals surface area contributed by atoms with Gasteiger partial charge in [-0.15, -0.1) is 0 Å². The van der Waals surface area contributed by atoms with Gasteiger partial charge in [-0.2, -0.15) is 13.2 Å². The van der Waals surface area contributed by atoms with Crippen LogP contribution in [0.4, 0.5) is 18.9 Å². The SMILES string of the molecule is NC(=O)CCC1CN(c2ccccc2)CCN1C1=CCCc2[nH]c(C(F)(F)F)nc21. The van der Waals surface area contributed by atoms with Gasteiger partial charge in [0.25, 0.3) is 0 Å². The number of nitrogens with two attached hydrogens (primary N) is 1. The van der Waals surface area contributed by atoms with Crippen molar-refractivity contribution in [2.75, 3.05) is 24.5 Å². The van der Waals surface area contributed by atoms with E-state index in [2.05, 4.69) is 19.8 Å². The maximum Gasteiger partial charge on any atom is 0.449 e. The number of aryl methyl sites for hydroxylation is 1. The van der Waals surface area contributed by atoms with E-state index in [1.54, 1.807) is 0 Å². The molecule has 9 heteroatoms. The van der Waals surface area contributed by atoms with Gasteiger partial charge >= 0.3 is 6.18 Å². The summed E-state index contributed by atoms with van der Waals surface area (Å²) < 4.78 is 39.6. The van der Waals surface area contributed by atoms with Gasteiger partial charge < -0.3 is 20.5 Å². The highest BCUT2D eigenvalue weighted by Crippen LogP contribution is 2.35. The van der Waals surface area contributed by atoms with Crippen LogP contribution >= 0.6 is 0 Å². The molecule has 6 nitrogen and oxygen atoms in total. The normalized spacial score (nSPS) is 19.4. The number of aromatic nitrogens is 2. The number of rotatable bonds is 5. The van der Waals surface area contributed by atoms with Crippen molar-refractivity contribution in [3.8, 4) is 0 Å². The molecule has 0 radical (unpaired) electrons. The van der Waals surface area contributed by atoms with Crippen LogP contribution < -0.4 is 10.6 Å². The summed E-state index contributed by atoms with van der Waals surface area (Å²) in [5.74, 6) is -1.35. The summed E-state index contributed by atoms with van der Waals surface area (Å²) in [6.07, 6.45) is -0.667. The monoisotopic (exact) mass is 419 g/mol. The number of benzene rings is 1. The first-order valence-electron chi connectivity index (χ1n) is 10.0. The number of hydrogen-bond donors (Lipinski definition) is 2. The number of halogens is 3. The third-order valence-electron chi connectivity index (χ3n) is 5.66. The third-order valence-corrected chi connectivity index (χ3v) is 5.66. The minimum atomic E-state index is -4.51. The lowest BCUT2D eigenvalue weighted by molar-refractivity contribution is -0.144. The number of nitrogens with one attached hydrogen (secondary N) is 1. The number of nitrogens with zero attached hydrogens (tertiary/aromatic N) is 3. The van der Waals surface area contributed by atoms with E-state index in [-0.39, 0.29) is 18.4 Å². The molecule has 1 amide bonds. The van der Waals surface area contributed by atoms with Gasteiger partial charge in [0, 0.05) is 43.5 Å². The van der Waals surface area contributed by atoms with Crippen LogP contribution in [0.15, 0.2) is 36.4 Å². The summed E-state index contributed by atoms with van der Waals surface area (Å²) in [6.45, 7) is 2.00. The molecule has 1 unspecified atom stereocenters. The van der Waals surface area contributed by atoms with Gasteiger partial charge in [-0.1, -0.05) is 24.3 Å². The standard InChI is InChI=1S/C21H24F3N5O/c22-21(23,24)20-26-16-7-4-8-17(19(16)27-20)29-12-11-28(14-5-2-1-3-6-14)13-15(29)9-10-18(25)30/h1-3,5-6,8,15H,4,7,9-13H2,(H2,25,30)(H,26,27). The molecule has 4 rings (SSSR count). The van der Waals surface area contributed by atoms with E-state index in [9.17, 15) is 18.0 Å². The van der Waals surface area contributed by atoms with Crippen molar-refractivity contribution in [3.63, 3.8) is 0 Å². The summed E-state index contributed by atoms with van der Waals surface area (Å²) in [4.78, 5) is 22.1. The zero-order chi connectivity index (χ0) is 21.3. The van der Waals surface area contributed by atoms with Gasteiger partial charge in [0.05, 0.1) is 5.70 Å². The summed E-state index contributed by atoms with van der Waals surface area (Å²) in [7, 11) is 0. The summed E-state index contributed by atoms with van der Waals surface area (Å²) in [5, 5.41) is 0. The lowest BCUT2D eigenvalue weighted by Gasteiger charge is -2.45. The Balaban J connectivity index is 1.61. The van der Waals surface area contributed by atoms with E-state index in [0.717, 1.165) is 12.2 Å². The second-order valence-electron chi connectivity index (χ2n) is 7.67. The quantitative estimate of drug-likeness (QED) is 0.780. The van der Waals surface area contributed by atoms with Gasteiger partial charge in [-0.25, -0.2) is 4.98 Å². The maximum atomic E-state index is 13.2. The molecular weight excluding hydrogens is 395 g/mol. The van der Waals surface area contributed by atoms with Crippen LogP contribution in [-0.2, 0) is 17.4 Å². The van der Waals surface area contributed by atoms with Crippen molar-refractivity contribution in [1.82, 2.24) is 14.9 Å². The summed E-state index contributed by atoms with van der Waals surface area (Å²) in [5.41, 5.74) is 8.05. The number of imidazole rings is 1. The number of aromatic amines is 1.